The highest BCUT2D eigenvalue weighted by atomic mass is 35.5. The van der Waals surface area contributed by atoms with E-state index in [1.165, 1.54) is 20.3 Å². The minimum atomic E-state index is -0.724. The van der Waals surface area contributed by atoms with E-state index in [2.05, 4.69) is 15.1 Å². The summed E-state index contributed by atoms with van der Waals surface area (Å²) in [5, 5.41) is 5.23. The van der Waals surface area contributed by atoms with Gasteiger partial charge in [-0.15, -0.1) is 0 Å². The predicted molar refractivity (Wildman–Crippen MR) is 184 cm³/mol. The fraction of sp³-hybridized carbons (Fsp3) is 0.545. The van der Waals surface area contributed by atoms with Crippen LogP contribution in [0, 0.1) is 5.82 Å². The van der Waals surface area contributed by atoms with Gasteiger partial charge in [0.05, 0.1) is 22.5 Å². The molecule has 1 aromatic carbocycles. The molecule has 0 N–H and O–H groups in total. The Kier molecular flexibility index (Phi) is 10.7. The van der Waals surface area contributed by atoms with Crippen molar-refractivity contribution in [2.75, 3.05) is 51.9 Å². The quantitative estimate of drug-likeness (QED) is 0.133. The summed E-state index contributed by atoms with van der Waals surface area (Å²) in [4.78, 5) is 30.3. The van der Waals surface area contributed by atoms with Crippen LogP contribution in [0.5, 0.6) is 17.6 Å². The Morgan fingerprint density at radius 2 is 1.78 bits per heavy atom. The molecule has 0 aliphatic carbocycles. The van der Waals surface area contributed by atoms with Crippen LogP contribution in [0.2, 0.25) is 10.2 Å². The lowest BCUT2D eigenvalue weighted by Crippen LogP contribution is -2.50. The van der Waals surface area contributed by atoms with E-state index in [4.69, 9.17) is 56.6 Å². The van der Waals surface area contributed by atoms with Crippen molar-refractivity contribution in [1.29, 1.82) is 0 Å². The minimum absolute atomic E-state index is 0.0133. The molecule has 2 aliphatic rings. The summed E-state index contributed by atoms with van der Waals surface area (Å²) in [5.41, 5.74) is 0.0429. The van der Waals surface area contributed by atoms with Crippen molar-refractivity contribution in [1.82, 2.24) is 29.6 Å². The number of piperazine rings is 1. The van der Waals surface area contributed by atoms with Crippen molar-refractivity contribution in [2.45, 2.75) is 71.2 Å². The number of fused-ring (bicyclic) bond motifs is 2. The number of hydrogen-bond donors (Lipinski definition) is 0. The highest BCUT2D eigenvalue weighted by molar-refractivity contribution is 6.33. The molecule has 2 saturated heterocycles. The number of anilines is 1. The van der Waals surface area contributed by atoms with Gasteiger partial charge >= 0.3 is 12.1 Å². The van der Waals surface area contributed by atoms with Gasteiger partial charge in [0.2, 0.25) is 5.88 Å². The van der Waals surface area contributed by atoms with E-state index in [1.807, 2.05) is 25.7 Å². The number of pyridine rings is 1. The first-order chi connectivity index (χ1) is 23.9. The highest BCUT2D eigenvalue weighted by Crippen LogP contribution is 2.42. The Bertz CT molecular complexity index is 1860. The van der Waals surface area contributed by atoms with Gasteiger partial charge in [-0.2, -0.15) is 20.1 Å². The zero-order valence-electron chi connectivity index (χ0n) is 28.7. The Labute approximate surface area is 298 Å². The molecule has 4 aromatic rings. The van der Waals surface area contributed by atoms with Gasteiger partial charge in [0.15, 0.2) is 18.3 Å². The van der Waals surface area contributed by atoms with Crippen molar-refractivity contribution < 1.29 is 37.6 Å². The Morgan fingerprint density at radius 1 is 1.04 bits per heavy atom. The van der Waals surface area contributed by atoms with E-state index >= 15 is 4.39 Å². The zero-order chi connectivity index (χ0) is 35.7. The fourth-order valence-corrected chi connectivity index (χ4v) is 6.35. The number of nitrogens with zero attached hydrogens (tertiary/aromatic N) is 7. The number of hydrogen-bond acceptors (Lipinski definition) is 12. The lowest BCUT2D eigenvalue weighted by atomic mass is 10.2. The molecule has 2 atom stereocenters. The molecule has 50 heavy (non-hydrogen) atoms. The van der Waals surface area contributed by atoms with Gasteiger partial charge in [-0.1, -0.05) is 23.2 Å². The van der Waals surface area contributed by atoms with E-state index in [1.54, 1.807) is 28.8 Å². The van der Waals surface area contributed by atoms with E-state index < -0.39 is 29.9 Å². The first kappa shape index (κ1) is 36.0. The molecule has 2 fully saturated rings. The number of methoxy groups -OCH3 is 2. The molecule has 6 rings (SSSR count). The van der Waals surface area contributed by atoms with Gasteiger partial charge in [-0.05, 0) is 53.0 Å². The van der Waals surface area contributed by atoms with Crippen LogP contribution >= 0.6 is 23.2 Å². The summed E-state index contributed by atoms with van der Waals surface area (Å²) < 4.78 is 51.8. The van der Waals surface area contributed by atoms with Crippen LogP contribution in [0.25, 0.3) is 21.8 Å². The molecular formula is C33H40Cl2FN7O7. The average molecular weight is 737 g/mol. The van der Waals surface area contributed by atoms with Crippen molar-refractivity contribution in [2.24, 2.45) is 0 Å². The standard InChI is InChI=1S/C33H40Cl2FN7O7/c1-18(30(45-5)46-6)48-31-39-26-19(28(40-31)41-10-12-42(13-11-41)32(44)50-33(2,3)4)15-23(34)38-29(26)49-27-20-17-37-43(24-9-7-8-14-47-24)22(20)16-21(36)25(27)35/h15-18,24,30H,7-14H2,1-6H3/t18-,24?/m1/s1. The number of halogens is 3. The molecule has 3 aromatic heterocycles. The van der Waals surface area contributed by atoms with Crippen LogP contribution in [0.1, 0.15) is 53.2 Å². The molecule has 0 spiro atoms. The van der Waals surface area contributed by atoms with Gasteiger partial charge in [0.1, 0.15) is 39.0 Å². The summed E-state index contributed by atoms with van der Waals surface area (Å²) in [6, 6.07) is 2.90. The molecule has 5 heterocycles. The second-order valence-electron chi connectivity index (χ2n) is 13.0. The molecular weight excluding hydrogens is 696 g/mol. The third-order valence-corrected chi connectivity index (χ3v) is 8.87. The first-order valence-electron chi connectivity index (χ1n) is 16.3. The summed E-state index contributed by atoms with van der Waals surface area (Å²) in [6.45, 7) is 9.37. The van der Waals surface area contributed by atoms with E-state index in [0.29, 0.717) is 54.9 Å². The SMILES string of the molecule is COC(OC)[C@@H](C)Oc1nc(N2CCN(C(=O)OC(C)(C)C)CC2)c2cc(Cl)nc(Oc3c(Cl)c(F)cc4c3cnn4C3CCCCO3)c2n1. The van der Waals surface area contributed by atoms with Gasteiger partial charge in [0.25, 0.3) is 0 Å². The van der Waals surface area contributed by atoms with Gasteiger partial charge < -0.3 is 38.2 Å². The maximum absolute atomic E-state index is 15.4. The Morgan fingerprint density at radius 3 is 2.44 bits per heavy atom. The van der Waals surface area contributed by atoms with Crippen LogP contribution in [-0.4, -0.2) is 101 Å². The largest absolute Gasteiger partial charge is 0.455 e. The first-order valence-corrected chi connectivity index (χ1v) is 17.1. The number of amides is 1. The predicted octanol–water partition coefficient (Wildman–Crippen LogP) is 6.76. The van der Waals surface area contributed by atoms with Crippen LogP contribution in [0.3, 0.4) is 0 Å². The smallest absolute Gasteiger partial charge is 0.410 e. The van der Waals surface area contributed by atoms with Crippen LogP contribution in [0.4, 0.5) is 15.0 Å². The van der Waals surface area contributed by atoms with Crippen molar-refractivity contribution in [3.63, 3.8) is 0 Å². The van der Waals surface area contributed by atoms with Crippen LogP contribution in [-0.2, 0) is 18.9 Å². The van der Waals surface area contributed by atoms with Gasteiger partial charge in [-0.3, -0.25) is 0 Å². The van der Waals surface area contributed by atoms with Crippen molar-refractivity contribution >= 4 is 56.9 Å². The zero-order valence-corrected chi connectivity index (χ0v) is 30.3. The van der Waals surface area contributed by atoms with Gasteiger partial charge in [0, 0.05) is 53.1 Å². The monoisotopic (exact) mass is 735 g/mol. The third kappa shape index (κ3) is 7.61. The van der Waals surface area contributed by atoms with E-state index in [0.717, 1.165) is 19.3 Å². The van der Waals surface area contributed by atoms with E-state index in [9.17, 15) is 4.79 Å². The summed E-state index contributed by atoms with van der Waals surface area (Å²) in [5.74, 6) is -0.328. The molecule has 1 amide bonds. The fourth-order valence-electron chi connectivity index (χ4n) is 5.97. The number of aromatic nitrogens is 5. The Hall–Kier alpha value is -3.76. The average Bonchev–Trinajstić information content (AvgIpc) is 3.50. The molecule has 0 bridgehead atoms. The summed E-state index contributed by atoms with van der Waals surface area (Å²) in [7, 11) is 2.99. The van der Waals surface area contributed by atoms with Crippen molar-refractivity contribution in [3.8, 4) is 17.6 Å². The van der Waals surface area contributed by atoms with Crippen LogP contribution in [0.15, 0.2) is 18.3 Å². The lowest BCUT2D eigenvalue weighted by Gasteiger charge is -2.36. The normalized spacial score (nSPS) is 17.8. The Balaban J connectivity index is 1.42. The van der Waals surface area contributed by atoms with Gasteiger partial charge in [-0.25, -0.2) is 13.9 Å². The molecule has 0 saturated carbocycles. The number of rotatable bonds is 9. The van der Waals surface area contributed by atoms with E-state index in [-0.39, 0.29) is 39.6 Å². The maximum Gasteiger partial charge on any atom is 0.410 e. The lowest BCUT2D eigenvalue weighted by molar-refractivity contribution is -0.152. The third-order valence-electron chi connectivity index (χ3n) is 8.33. The summed E-state index contributed by atoms with van der Waals surface area (Å²) >= 11 is 13.1. The second kappa shape index (κ2) is 14.8. The number of carbonyl (C=O) groups excluding carboxylic acids is 1. The minimum Gasteiger partial charge on any atom is -0.455 e. The van der Waals surface area contributed by atoms with Crippen LogP contribution < -0.4 is 14.4 Å². The maximum atomic E-state index is 15.4. The number of ether oxygens (including phenoxy) is 6. The molecule has 0 radical (unpaired) electrons. The summed E-state index contributed by atoms with van der Waals surface area (Å²) in [6.07, 6.45) is 2.09. The molecule has 2 aliphatic heterocycles. The molecule has 17 heteroatoms. The molecule has 270 valence electrons. The highest BCUT2D eigenvalue weighted by Gasteiger charge is 2.30. The number of benzene rings is 1. The molecule has 1 unspecified atom stereocenters. The second-order valence-corrected chi connectivity index (χ2v) is 13.8. The topological polar surface area (TPSA) is 135 Å². The van der Waals surface area contributed by atoms with Crippen molar-refractivity contribution in [3.05, 3.63) is 34.3 Å². The molecule has 14 nitrogen and oxygen atoms in total. The number of carbonyl (C=O) groups is 1.